The first kappa shape index (κ1) is 14.4. The highest BCUT2D eigenvalue weighted by atomic mass is 79.9. The fraction of sp³-hybridized carbons (Fsp3) is 0.500. The molecule has 1 heterocycles. The molecule has 0 fully saturated rings. The molecule has 3 nitrogen and oxygen atoms in total. The van der Waals surface area contributed by atoms with Gasteiger partial charge in [-0.25, -0.2) is 0 Å². The number of rotatable bonds is 6. The Morgan fingerprint density at radius 1 is 1.35 bits per heavy atom. The van der Waals surface area contributed by atoms with Crippen LogP contribution >= 0.6 is 15.9 Å². The molecule has 1 aromatic heterocycles. The van der Waals surface area contributed by atoms with Crippen molar-refractivity contribution >= 4 is 15.9 Å². The van der Waals surface area contributed by atoms with E-state index in [0.717, 1.165) is 10.2 Å². The summed E-state index contributed by atoms with van der Waals surface area (Å²) in [6.45, 7) is -0.322. The van der Waals surface area contributed by atoms with Crippen molar-refractivity contribution in [2.75, 3.05) is 19.8 Å². The number of aromatic nitrogens is 1. The number of hydrogen-bond donors (Lipinski definition) is 1. The van der Waals surface area contributed by atoms with Gasteiger partial charge in [-0.05, 0) is 28.1 Å². The summed E-state index contributed by atoms with van der Waals surface area (Å²) in [4.78, 5) is 4.11. The zero-order valence-electron chi connectivity index (χ0n) is 8.93. The molecule has 1 N–H and O–H groups in total. The van der Waals surface area contributed by atoms with Crippen LogP contribution in [0.4, 0.5) is 13.2 Å². The monoisotopic (exact) mass is 312 g/mol. The molecule has 0 saturated carbocycles. The maximum absolute atomic E-state index is 11.7. The minimum atomic E-state index is -4.26. The maximum Gasteiger partial charge on any atom is 0.411 e. The summed E-state index contributed by atoms with van der Waals surface area (Å²) in [5.74, 6) is 0. The second-order valence-electron chi connectivity index (χ2n) is 3.31. The van der Waals surface area contributed by atoms with Gasteiger partial charge in [0.05, 0.1) is 12.3 Å². The molecule has 0 bridgehead atoms. The van der Waals surface area contributed by atoms with Crippen LogP contribution in [-0.4, -0.2) is 30.9 Å². The first-order valence-electron chi connectivity index (χ1n) is 4.93. The lowest BCUT2D eigenvalue weighted by molar-refractivity contribution is -0.173. The molecule has 0 aliphatic rings. The second kappa shape index (κ2) is 6.93. The molecule has 0 aromatic carbocycles. The number of hydrogen-bond acceptors (Lipinski definition) is 3. The molecule has 0 atom stereocenters. The van der Waals surface area contributed by atoms with Crippen LogP contribution in [0.3, 0.4) is 0 Å². The Kier molecular flexibility index (Phi) is 5.87. The topological polar surface area (TPSA) is 34.1 Å². The highest BCUT2D eigenvalue weighted by Crippen LogP contribution is 2.13. The van der Waals surface area contributed by atoms with Gasteiger partial charge in [-0.1, -0.05) is 0 Å². The van der Waals surface area contributed by atoms with E-state index in [1.54, 1.807) is 6.20 Å². The van der Waals surface area contributed by atoms with Gasteiger partial charge in [0.1, 0.15) is 6.61 Å². The summed E-state index contributed by atoms with van der Waals surface area (Å²) in [6.07, 6.45) is -2.59. The number of nitrogens with zero attached hydrogens (tertiary/aromatic N) is 1. The predicted octanol–water partition coefficient (Wildman–Crippen LogP) is 2.51. The molecule has 1 rings (SSSR count). The molecule has 0 spiro atoms. The van der Waals surface area contributed by atoms with Crippen molar-refractivity contribution in [3.8, 4) is 0 Å². The summed E-state index contributed by atoms with van der Waals surface area (Å²) in [6, 6.07) is 3.68. The van der Waals surface area contributed by atoms with Gasteiger partial charge in [-0.2, -0.15) is 13.2 Å². The van der Waals surface area contributed by atoms with E-state index in [2.05, 4.69) is 31.0 Å². The average molecular weight is 313 g/mol. The molecule has 0 amide bonds. The molecule has 17 heavy (non-hydrogen) atoms. The molecular weight excluding hydrogens is 301 g/mol. The van der Waals surface area contributed by atoms with Crippen molar-refractivity contribution in [2.24, 2.45) is 0 Å². The average Bonchev–Trinajstić information content (AvgIpc) is 2.24. The lowest BCUT2D eigenvalue weighted by atomic mass is 10.3. The largest absolute Gasteiger partial charge is 0.411 e. The van der Waals surface area contributed by atoms with E-state index < -0.39 is 12.8 Å². The fourth-order valence-corrected chi connectivity index (χ4v) is 1.29. The maximum atomic E-state index is 11.7. The van der Waals surface area contributed by atoms with E-state index in [1.165, 1.54) is 0 Å². The van der Waals surface area contributed by atoms with Crippen LogP contribution in [-0.2, 0) is 11.3 Å². The van der Waals surface area contributed by atoms with Crippen LogP contribution in [0.25, 0.3) is 0 Å². The summed E-state index contributed by atoms with van der Waals surface area (Å²) in [5.41, 5.74) is 0.823. The number of halogens is 4. The lowest BCUT2D eigenvalue weighted by Gasteiger charge is -2.08. The van der Waals surface area contributed by atoms with Crippen LogP contribution in [0.2, 0.25) is 0 Å². The summed E-state index contributed by atoms with van der Waals surface area (Å²) in [5, 5.41) is 2.94. The van der Waals surface area contributed by atoms with Crippen LogP contribution in [0.5, 0.6) is 0 Å². The molecule has 0 aliphatic carbocycles. The molecular formula is C10H12BrF3N2O. The van der Waals surface area contributed by atoms with Gasteiger partial charge in [0.2, 0.25) is 0 Å². The van der Waals surface area contributed by atoms with E-state index in [-0.39, 0.29) is 6.61 Å². The third-order valence-electron chi connectivity index (χ3n) is 1.78. The van der Waals surface area contributed by atoms with Gasteiger partial charge < -0.3 is 10.1 Å². The van der Waals surface area contributed by atoms with Crippen molar-refractivity contribution < 1.29 is 17.9 Å². The minimum absolute atomic E-state index is 0.0238. The van der Waals surface area contributed by atoms with Gasteiger partial charge in [0, 0.05) is 23.8 Å². The van der Waals surface area contributed by atoms with Crippen molar-refractivity contribution in [2.45, 2.75) is 12.7 Å². The molecule has 0 aliphatic heterocycles. The van der Waals surface area contributed by atoms with Gasteiger partial charge in [-0.3, -0.25) is 4.98 Å². The standard InChI is InChI=1S/C10H12BrF3N2O/c11-8-1-2-9(16-5-8)6-15-3-4-17-7-10(12,13)14/h1-2,5,15H,3-4,6-7H2. The Labute approximate surface area is 106 Å². The number of alkyl halides is 3. The lowest BCUT2D eigenvalue weighted by Crippen LogP contribution is -2.23. The van der Waals surface area contributed by atoms with Gasteiger partial charge in [0.25, 0.3) is 0 Å². The molecule has 0 unspecified atom stereocenters. The van der Waals surface area contributed by atoms with Gasteiger partial charge >= 0.3 is 6.18 Å². The Morgan fingerprint density at radius 2 is 2.12 bits per heavy atom. The molecule has 0 saturated heterocycles. The molecule has 7 heteroatoms. The SMILES string of the molecule is FC(F)(F)COCCNCc1ccc(Br)cn1. The van der Waals surface area contributed by atoms with E-state index in [0.29, 0.717) is 13.1 Å². The zero-order valence-corrected chi connectivity index (χ0v) is 10.5. The summed E-state index contributed by atoms with van der Waals surface area (Å²) < 4.78 is 40.4. The van der Waals surface area contributed by atoms with Crippen molar-refractivity contribution in [3.63, 3.8) is 0 Å². The predicted molar refractivity (Wildman–Crippen MR) is 60.5 cm³/mol. The van der Waals surface area contributed by atoms with Crippen LogP contribution < -0.4 is 5.32 Å². The Morgan fingerprint density at radius 3 is 2.71 bits per heavy atom. The van der Waals surface area contributed by atoms with E-state index in [4.69, 9.17) is 0 Å². The smallest absolute Gasteiger partial charge is 0.371 e. The fourth-order valence-electron chi connectivity index (χ4n) is 1.06. The molecule has 1 aromatic rings. The molecule has 0 radical (unpaired) electrons. The van der Waals surface area contributed by atoms with Gasteiger partial charge in [-0.15, -0.1) is 0 Å². The second-order valence-corrected chi connectivity index (χ2v) is 4.23. The Balaban J connectivity index is 2.07. The van der Waals surface area contributed by atoms with E-state index in [9.17, 15) is 13.2 Å². The Hall–Kier alpha value is -0.660. The minimum Gasteiger partial charge on any atom is -0.371 e. The Bertz CT molecular complexity index is 329. The quantitative estimate of drug-likeness (QED) is 0.820. The summed E-state index contributed by atoms with van der Waals surface area (Å²) in [7, 11) is 0. The highest BCUT2D eigenvalue weighted by Gasteiger charge is 2.27. The first-order valence-corrected chi connectivity index (χ1v) is 5.72. The number of pyridine rings is 1. The van der Waals surface area contributed by atoms with Crippen LogP contribution in [0, 0.1) is 0 Å². The molecule has 96 valence electrons. The first-order chi connectivity index (χ1) is 7.97. The highest BCUT2D eigenvalue weighted by molar-refractivity contribution is 9.10. The summed E-state index contributed by atoms with van der Waals surface area (Å²) >= 11 is 3.26. The third kappa shape index (κ3) is 7.30. The third-order valence-corrected chi connectivity index (χ3v) is 2.25. The van der Waals surface area contributed by atoms with Crippen molar-refractivity contribution in [3.05, 3.63) is 28.5 Å². The zero-order chi connectivity index (χ0) is 12.7. The van der Waals surface area contributed by atoms with Crippen molar-refractivity contribution in [1.29, 1.82) is 0 Å². The van der Waals surface area contributed by atoms with E-state index >= 15 is 0 Å². The van der Waals surface area contributed by atoms with Crippen LogP contribution in [0.15, 0.2) is 22.8 Å². The normalized spacial score (nSPS) is 11.8. The van der Waals surface area contributed by atoms with Crippen molar-refractivity contribution in [1.82, 2.24) is 10.3 Å². The van der Waals surface area contributed by atoms with Gasteiger partial charge in [0.15, 0.2) is 0 Å². The number of nitrogens with one attached hydrogen (secondary N) is 1. The van der Waals surface area contributed by atoms with Crippen LogP contribution in [0.1, 0.15) is 5.69 Å². The number of ether oxygens (including phenoxy) is 1. The van der Waals surface area contributed by atoms with E-state index in [1.807, 2.05) is 12.1 Å².